The Morgan fingerprint density at radius 2 is 1.96 bits per heavy atom. The van der Waals surface area contributed by atoms with E-state index in [4.69, 9.17) is 0 Å². The Balaban J connectivity index is 1.59. The highest BCUT2D eigenvalue weighted by Crippen LogP contribution is 2.14. The van der Waals surface area contributed by atoms with E-state index in [0.717, 1.165) is 43.2 Å². The van der Waals surface area contributed by atoms with Crippen LogP contribution in [-0.4, -0.2) is 62.0 Å². The number of piperazine rings is 1. The Labute approximate surface area is 137 Å². The number of aromatic nitrogens is 5. The van der Waals surface area contributed by atoms with Gasteiger partial charge in [-0.05, 0) is 0 Å². The average Bonchev–Trinajstić information content (AvgIpc) is 2.95. The molecule has 0 spiro atoms. The van der Waals surface area contributed by atoms with Gasteiger partial charge >= 0.3 is 0 Å². The molecule has 2 aromatic rings. The molecular weight excluding hydrogens is 320 g/mol. The van der Waals surface area contributed by atoms with Crippen molar-refractivity contribution in [3.05, 3.63) is 34.8 Å². The van der Waals surface area contributed by atoms with Crippen molar-refractivity contribution < 1.29 is 8.78 Å². The molecule has 24 heavy (non-hydrogen) atoms. The van der Waals surface area contributed by atoms with E-state index in [1.54, 1.807) is 4.68 Å². The number of anilines is 1. The van der Waals surface area contributed by atoms with Gasteiger partial charge in [-0.15, -0.1) is 0 Å². The first-order chi connectivity index (χ1) is 11.5. The van der Waals surface area contributed by atoms with Crippen LogP contribution in [0.2, 0.25) is 0 Å². The van der Waals surface area contributed by atoms with E-state index in [0.29, 0.717) is 5.69 Å². The molecule has 0 unspecified atom stereocenters. The van der Waals surface area contributed by atoms with Gasteiger partial charge < -0.3 is 4.90 Å². The molecule has 3 rings (SSSR count). The molecule has 1 saturated heterocycles. The van der Waals surface area contributed by atoms with Gasteiger partial charge in [0, 0.05) is 39.3 Å². The number of halogens is 2. The zero-order chi connectivity index (χ0) is 17.1. The highest BCUT2D eigenvalue weighted by molar-refractivity contribution is 5.43. The minimum absolute atomic E-state index is 0.505. The van der Waals surface area contributed by atoms with Crippen LogP contribution >= 0.6 is 0 Å². The average molecular weight is 339 g/mol. The quantitative estimate of drug-likeness (QED) is 0.761. The second-order valence-corrected chi connectivity index (χ2v) is 5.69. The van der Waals surface area contributed by atoms with Crippen LogP contribution in [0, 0.1) is 0 Å². The summed E-state index contributed by atoms with van der Waals surface area (Å²) in [4.78, 5) is 20.3. The monoisotopic (exact) mass is 339 g/mol. The van der Waals surface area contributed by atoms with E-state index in [-0.39, 0.29) is 0 Å². The van der Waals surface area contributed by atoms with Crippen LogP contribution in [0.25, 0.3) is 0 Å². The summed E-state index contributed by atoms with van der Waals surface area (Å²) < 4.78 is 27.3. The predicted octanol–water partition coefficient (Wildman–Crippen LogP) is -0.0409. The molecule has 0 bridgehead atoms. The molecule has 0 N–H and O–H groups in total. The van der Waals surface area contributed by atoms with E-state index in [1.807, 2.05) is 11.9 Å². The molecular formula is C14H19F2N7O. The minimum atomic E-state index is -2.59. The van der Waals surface area contributed by atoms with Gasteiger partial charge in [0.05, 0.1) is 18.4 Å². The molecule has 2 aromatic heterocycles. The third-order valence-corrected chi connectivity index (χ3v) is 4.07. The molecule has 0 amide bonds. The van der Waals surface area contributed by atoms with Crippen molar-refractivity contribution in [1.82, 2.24) is 29.4 Å². The molecule has 1 aliphatic heterocycles. The zero-order valence-corrected chi connectivity index (χ0v) is 13.3. The maximum atomic E-state index is 12.4. The highest BCUT2D eigenvalue weighted by atomic mass is 19.3. The molecule has 0 atom stereocenters. The molecule has 0 radical (unpaired) electrons. The van der Waals surface area contributed by atoms with Crippen molar-refractivity contribution in [1.29, 1.82) is 0 Å². The second kappa shape index (κ2) is 7.04. The first kappa shape index (κ1) is 16.5. The van der Waals surface area contributed by atoms with Crippen molar-refractivity contribution in [2.45, 2.75) is 19.5 Å². The third kappa shape index (κ3) is 3.75. The summed E-state index contributed by atoms with van der Waals surface area (Å²) >= 11 is 0. The normalized spacial score (nSPS) is 16.1. The highest BCUT2D eigenvalue weighted by Gasteiger charge is 2.19. The standard InChI is InChI=1S/C14H19F2N7O/c1-20-13(17-10-19-20)9-21-2-4-22(5-3-21)11-6-14(24)23(18-7-11)8-12(15)16/h6-7,10,12H,2-5,8-9H2,1H3. The smallest absolute Gasteiger partial charge is 0.269 e. The summed E-state index contributed by atoms with van der Waals surface area (Å²) in [6.45, 7) is 3.14. The van der Waals surface area contributed by atoms with Crippen molar-refractivity contribution in [3.8, 4) is 0 Å². The maximum absolute atomic E-state index is 12.4. The van der Waals surface area contributed by atoms with E-state index in [9.17, 15) is 13.6 Å². The topological polar surface area (TPSA) is 72.1 Å². The summed E-state index contributed by atoms with van der Waals surface area (Å²) in [6.07, 6.45) is 0.415. The number of alkyl halides is 2. The van der Waals surface area contributed by atoms with Gasteiger partial charge in [-0.25, -0.2) is 18.4 Å². The minimum Gasteiger partial charge on any atom is -0.368 e. The van der Waals surface area contributed by atoms with Gasteiger partial charge in [0.15, 0.2) is 0 Å². The second-order valence-electron chi connectivity index (χ2n) is 5.69. The van der Waals surface area contributed by atoms with Crippen molar-refractivity contribution in [3.63, 3.8) is 0 Å². The van der Waals surface area contributed by atoms with Gasteiger partial charge in [0.1, 0.15) is 18.7 Å². The van der Waals surface area contributed by atoms with Crippen LogP contribution in [-0.2, 0) is 20.1 Å². The largest absolute Gasteiger partial charge is 0.368 e. The molecule has 8 nitrogen and oxygen atoms in total. The van der Waals surface area contributed by atoms with Crippen molar-refractivity contribution >= 4 is 5.69 Å². The van der Waals surface area contributed by atoms with Crippen LogP contribution in [0.1, 0.15) is 5.82 Å². The van der Waals surface area contributed by atoms with Gasteiger partial charge in [-0.2, -0.15) is 10.2 Å². The van der Waals surface area contributed by atoms with E-state index in [1.165, 1.54) is 18.6 Å². The van der Waals surface area contributed by atoms with Crippen molar-refractivity contribution in [2.24, 2.45) is 7.05 Å². The zero-order valence-electron chi connectivity index (χ0n) is 13.3. The Morgan fingerprint density at radius 3 is 2.54 bits per heavy atom. The third-order valence-electron chi connectivity index (χ3n) is 4.07. The lowest BCUT2D eigenvalue weighted by molar-refractivity contribution is 0.119. The fraction of sp³-hybridized carbons (Fsp3) is 0.571. The van der Waals surface area contributed by atoms with Gasteiger partial charge in [-0.3, -0.25) is 14.4 Å². The molecule has 0 aliphatic carbocycles. The lowest BCUT2D eigenvalue weighted by Crippen LogP contribution is -2.46. The van der Waals surface area contributed by atoms with Gasteiger partial charge in [0.2, 0.25) is 0 Å². The molecule has 0 saturated carbocycles. The number of aryl methyl sites for hydroxylation is 1. The first-order valence-corrected chi connectivity index (χ1v) is 7.68. The summed E-state index contributed by atoms with van der Waals surface area (Å²) in [5.41, 5.74) is 0.165. The molecule has 130 valence electrons. The van der Waals surface area contributed by atoms with E-state index in [2.05, 4.69) is 20.1 Å². The van der Waals surface area contributed by atoms with Gasteiger partial charge in [0.25, 0.3) is 12.0 Å². The molecule has 0 aromatic carbocycles. The summed E-state index contributed by atoms with van der Waals surface area (Å²) in [5, 5.41) is 7.89. The van der Waals surface area contributed by atoms with Crippen LogP contribution < -0.4 is 10.5 Å². The Hall–Kier alpha value is -2.36. The summed E-state index contributed by atoms with van der Waals surface area (Å²) in [5.74, 6) is 0.903. The fourth-order valence-electron chi connectivity index (χ4n) is 2.69. The number of nitrogens with zero attached hydrogens (tertiary/aromatic N) is 7. The molecule has 1 fully saturated rings. The van der Waals surface area contributed by atoms with E-state index < -0.39 is 18.5 Å². The number of hydrogen-bond acceptors (Lipinski definition) is 6. The summed E-state index contributed by atoms with van der Waals surface area (Å²) in [7, 11) is 1.86. The van der Waals surface area contributed by atoms with Crippen LogP contribution in [0.3, 0.4) is 0 Å². The number of hydrogen-bond donors (Lipinski definition) is 0. The van der Waals surface area contributed by atoms with Crippen molar-refractivity contribution in [2.75, 3.05) is 31.1 Å². The molecule has 3 heterocycles. The Morgan fingerprint density at radius 1 is 1.21 bits per heavy atom. The first-order valence-electron chi connectivity index (χ1n) is 7.68. The molecule has 10 heteroatoms. The lowest BCUT2D eigenvalue weighted by atomic mass is 10.3. The van der Waals surface area contributed by atoms with E-state index >= 15 is 0 Å². The predicted molar refractivity (Wildman–Crippen MR) is 83.0 cm³/mol. The number of rotatable bonds is 5. The lowest BCUT2D eigenvalue weighted by Gasteiger charge is -2.35. The molecule has 1 aliphatic rings. The summed E-state index contributed by atoms with van der Waals surface area (Å²) in [6, 6.07) is 1.37. The SMILES string of the molecule is Cn1ncnc1CN1CCN(c2cnn(CC(F)F)c(=O)c2)CC1. The Bertz CT molecular complexity index is 737. The maximum Gasteiger partial charge on any atom is 0.269 e. The van der Waals surface area contributed by atoms with Crippen LogP contribution in [0.15, 0.2) is 23.4 Å². The van der Waals surface area contributed by atoms with Crippen LogP contribution in [0.4, 0.5) is 14.5 Å². The fourth-order valence-corrected chi connectivity index (χ4v) is 2.69. The van der Waals surface area contributed by atoms with Gasteiger partial charge in [-0.1, -0.05) is 0 Å². The van der Waals surface area contributed by atoms with Crippen LogP contribution in [0.5, 0.6) is 0 Å². The Kier molecular flexibility index (Phi) is 4.84.